The summed E-state index contributed by atoms with van der Waals surface area (Å²) in [7, 11) is 0. The minimum Gasteiger partial charge on any atom is -0.487 e. The minimum absolute atomic E-state index is 0.0539. The number of aromatic nitrogens is 1. The maximum atomic E-state index is 14.3. The fourth-order valence-electron chi connectivity index (χ4n) is 4.79. The number of nitrogens with zero attached hydrogens (tertiary/aromatic N) is 2. The van der Waals surface area contributed by atoms with E-state index in [1.54, 1.807) is 12.3 Å². The second-order valence-electron chi connectivity index (χ2n) is 8.43. The highest BCUT2D eigenvalue weighted by Crippen LogP contribution is 2.41. The standard InChI is InChI=1S/C24H30FN3O3/c1-5-26-24-15(13(2)3)9-11-28(24)18-12-20(23(30)22(18)29)31-19-7-6-17(25)16-8-10-27-14(4)21(16)19/h5-7,9,11,14,18,20,22-23,27,29-30H,2,8,10,12H2,1,3-4H3/t14?,18-,20+,22+,23-/m1/s1. The number of halogens is 1. The van der Waals surface area contributed by atoms with Crippen molar-refractivity contribution in [3.8, 4) is 5.75 Å². The third kappa shape index (κ3) is 3.82. The number of hydrogen-bond donors (Lipinski definition) is 3. The molecule has 1 aliphatic carbocycles. The Kier molecular flexibility index (Phi) is 6.01. The fraction of sp³-hybridized carbons (Fsp3) is 0.458. The number of rotatable bonds is 5. The Labute approximate surface area is 182 Å². The van der Waals surface area contributed by atoms with Gasteiger partial charge in [0.15, 0.2) is 0 Å². The average molecular weight is 428 g/mol. The van der Waals surface area contributed by atoms with Gasteiger partial charge >= 0.3 is 0 Å². The van der Waals surface area contributed by atoms with Crippen molar-refractivity contribution in [3.63, 3.8) is 0 Å². The van der Waals surface area contributed by atoms with Gasteiger partial charge in [0.2, 0.25) is 0 Å². The molecule has 0 radical (unpaired) electrons. The molecular weight excluding hydrogens is 397 g/mol. The summed E-state index contributed by atoms with van der Waals surface area (Å²) in [6, 6.07) is 4.49. The summed E-state index contributed by atoms with van der Waals surface area (Å²) in [6.07, 6.45) is 1.82. The zero-order chi connectivity index (χ0) is 22.3. The van der Waals surface area contributed by atoms with Crippen LogP contribution in [-0.2, 0) is 6.42 Å². The van der Waals surface area contributed by atoms with Crippen LogP contribution in [0.1, 0.15) is 56.0 Å². The van der Waals surface area contributed by atoms with E-state index in [1.807, 2.05) is 37.6 Å². The first kappa shape index (κ1) is 21.7. The molecule has 1 aliphatic heterocycles. The Morgan fingerprint density at radius 1 is 1.32 bits per heavy atom. The van der Waals surface area contributed by atoms with Crippen LogP contribution >= 0.6 is 0 Å². The van der Waals surface area contributed by atoms with Crippen molar-refractivity contribution in [3.05, 3.63) is 53.5 Å². The van der Waals surface area contributed by atoms with E-state index in [-0.39, 0.29) is 11.9 Å². The first-order valence-corrected chi connectivity index (χ1v) is 10.8. The number of benzene rings is 1. The molecule has 0 bridgehead atoms. The topological polar surface area (TPSA) is 79.0 Å². The van der Waals surface area contributed by atoms with Gasteiger partial charge in [0, 0.05) is 36.0 Å². The summed E-state index contributed by atoms with van der Waals surface area (Å²) in [4.78, 5) is 4.47. The Morgan fingerprint density at radius 3 is 2.81 bits per heavy atom. The van der Waals surface area contributed by atoms with E-state index >= 15 is 0 Å². The van der Waals surface area contributed by atoms with Crippen LogP contribution in [0.15, 0.2) is 36.0 Å². The van der Waals surface area contributed by atoms with Gasteiger partial charge in [-0.3, -0.25) is 0 Å². The molecule has 0 saturated heterocycles. The van der Waals surface area contributed by atoms with Crippen molar-refractivity contribution in [1.82, 2.24) is 9.88 Å². The van der Waals surface area contributed by atoms with Gasteiger partial charge in [-0.15, -0.1) is 0 Å². The van der Waals surface area contributed by atoms with Gasteiger partial charge in [0.1, 0.15) is 35.7 Å². The first-order chi connectivity index (χ1) is 14.8. The predicted molar refractivity (Wildman–Crippen MR) is 120 cm³/mol. The van der Waals surface area contributed by atoms with Gasteiger partial charge in [-0.1, -0.05) is 6.58 Å². The summed E-state index contributed by atoms with van der Waals surface area (Å²) < 4.78 is 22.4. The molecule has 5 atom stereocenters. The van der Waals surface area contributed by atoms with Crippen molar-refractivity contribution in [2.75, 3.05) is 6.54 Å². The lowest BCUT2D eigenvalue weighted by Gasteiger charge is -2.28. The third-order valence-electron chi connectivity index (χ3n) is 6.35. The Morgan fingerprint density at radius 2 is 2.10 bits per heavy atom. The highest BCUT2D eigenvalue weighted by molar-refractivity contribution is 5.73. The number of ether oxygens (including phenoxy) is 1. The van der Waals surface area contributed by atoms with E-state index in [2.05, 4.69) is 16.9 Å². The molecule has 0 amide bonds. The van der Waals surface area contributed by atoms with Crippen LogP contribution in [0, 0.1) is 5.82 Å². The SMILES string of the molecule is C=C(C)c1ccn([C@@H]2C[C@H](Oc3ccc(F)c4c3C(C)NCC4)[C@@H](O)[C@H]2O)c1N=CC. The minimum atomic E-state index is -1.08. The van der Waals surface area contributed by atoms with Crippen molar-refractivity contribution in [1.29, 1.82) is 0 Å². The van der Waals surface area contributed by atoms with E-state index in [1.165, 1.54) is 6.07 Å². The molecule has 3 N–H and O–H groups in total. The molecule has 1 aromatic carbocycles. The zero-order valence-electron chi connectivity index (χ0n) is 18.2. The molecule has 2 aliphatic rings. The van der Waals surface area contributed by atoms with Gasteiger partial charge in [-0.05, 0) is 63.1 Å². The summed E-state index contributed by atoms with van der Waals surface area (Å²) in [5, 5.41) is 24.9. The number of aliphatic hydroxyl groups is 2. The van der Waals surface area contributed by atoms with Gasteiger partial charge < -0.3 is 24.8 Å². The zero-order valence-corrected chi connectivity index (χ0v) is 18.2. The monoisotopic (exact) mass is 427 g/mol. The van der Waals surface area contributed by atoms with E-state index in [0.29, 0.717) is 36.5 Å². The van der Waals surface area contributed by atoms with Gasteiger partial charge in [0.25, 0.3) is 0 Å². The second kappa shape index (κ2) is 8.57. The van der Waals surface area contributed by atoms with Crippen molar-refractivity contribution >= 4 is 17.6 Å². The smallest absolute Gasteiger partial charge is 0.140 e. The van der Waals surface area contributed by atoms with Crippen molar-refractivity contribution in [2.24, 2.45) is 4.99 Å². The molecule has 2 aromatic rings. The largest absolute Gasteiger partial charge is 0.487 e. The van der Waals surface area contributed by atoms with E-state index in [9.17, 15) is 14.6 Å². The quantitative estimate of drug-likeness (QED) is 0.636. The molecule has 1 unspecified atom stereocenters. The van der Waals surface area contributed by atoms with Crippen LogP contribution in [0.4, 0.5) is 10.2 Å². The Balaban J connectivity index is 1.64. The van der Waals surface area contributed by atoms with Crippen LogP contribution in [-0.4, -0.2) is 45.9 Å². The van der Waals surface area contributed by atoms with E-state index < -0.39 is 24.4 Å². The molecule has 31 heavy (non-hydrogen) atoms. The number of aliphatic hydroxyl groups excluding tert-OH is 2. The molecule has 1 saturated carbocycles. The van der Waals surface area contributed by atoms with Crippen LogP contribution in [0.25, 0.3) is 5.57 Å². The molecule has 166 valence electrons. The second-order valence-corrected chi connectivity index (χ2v) is 8.43. The molecule has 6 nitrogen and oxygen atoms in total. The molecule has 1 aromatic heterocycles. The lowest BCUT2D eigenvalue weighted by molar-refractivity contribution is -0.0169. The highest BCUT2D eigenvalue weighted by atomic mass is 19.1. The summed E-state index contributed by atoms with van der Waals surface area (Å²) in [5.74, 6) is 1.01. The fourth-order valence-corrected chi connectivity index (χ4v) is 4.79. The van der Waals surface area contributed by atoms with Gasteiger partial charge in [0.05, 0.1) is 6.04 Å². The summed E-state index contributed by atoms with van der Waals surface area (Å²) in [6.45, 7) is 10.4. The van der Waals surface area contributed by atoms with Gasteiger partial charge in [-0.25, -0.2) is 9.38 Å². The number of nitrogens with one attached hydrogen (secondary N) is 1. The third-order valence-corrected chi connectivity index (χ3v) is 6.35. The summed E-state index contributed by atoms with van der Waals surface area (Å²) >= 11 is 0. The lowest BCUT2D eigenvalue weighted by atomic mass is 9.93. The maximum absolute atomic E-state index is 14.3. The molecular formula is C24H30FN3O3. The maximum Gasteiger partial charge on any atom is 0.140 e. The number of aliphatic imine (C=N–C) groups is 1. The van der Waals surface area contributed by atoms with Crippen molar-refractivity contribution in [2.45, 2.75) is 64.0 Å². The first-order valence-electron chi connectivity index (χ1n) is 10.8. The molecule has 0 spiro atoms. The molecule has 1 fully saturated rings. The van der Waals surface area contributed by atoms with E-state index in [0.717, 1.165) is 16.7 Å². The lowest BCUT2D eigenvalue weighted by Crippen LogP contribution is -2.35. The molecule has 7 heteroatoms. The van der Waals surface area contributed by atoms with Crippen molar-refractivity contribution < 1.29 is 19.3 Å². The van der Waals surface area contributed by atoms with Gasteiger partial charge in [-0.2, -0.15) is 0 Å². The van der Waals surface area contributed by atoms with Crippen LogP contribution < -0.4 is 10.1 Å². The molecule has 4 rings (SSSR count). The average Bonchev–Trinajstić information content (AvgIpc) is 3.27. The molecule has 2 heterocycles. The summed E-state index contributed by atoms with van der Waals surface area (Å²) in [5.41, 5.74) is 3.22. The Bertz CT molecular complexity index is 1020. The number of allylic oxidation sites excluding steroid dienone is 1. The van der Waals surface area contributed by atoms with Crippen LogP contribution in [0.5, 0.6) is 5.75 Å². The van der Waals surface area contributed by atoms with E-state index in [4.69, 9.17) is 4.74 Å². The number of fused-ring (bicyclic) bond motifs is 1. The van der Waals surface area contributed by atoms with Crippen LogP contribution in [0.3, 0.4) is 0 Å². The highest BCUT2D eigenvalue weighted by Gasteiger charge is 2.45. The normalized spacial score (nSPS) is 28.1. The predicted octanol–water partition coefficient (Wildman–Crippen LogP) is 3.70. The Hall–Kier alpha value is -2.48. The van der Waals surface area contributed by atoms with Crippen LogP contribution in [0.2, 0.25) is 0 Å². The number of hydrogen-bond acceptors (Lipinski definition) is 5.